The zero-order valence-corrected chi connectivity index (χ0v) is 8.39. The average molecular weight is 215 g/mol. The van der Waals surface area contributed by atoms with Gasteiger partial charge in [0.15, 0.2) is 0 Å². The molecule has 1 aliphatic heterocycles. The summed E-state index contributed by atoms with van der Waals surface area (Å²) in [5.74, 6) is 0. The lowest BCUT2D eigenvalue weighted by Crippen LogP contribution is -2.18. The van der Waals surface area contributed by atoms with Crippen LogP contribution in [0.25, 0.3) is 0 Å². The summed E-state index contributed by atoms with van der Waals surface area (Å²) in [5.41, 5.74) is 0.854. The molecule has 0 bridgehead atoms. The van der Waals surface area contributed by atoms with Gasteiger partial charge in [-0.2, -0.15) is 0 Å². The zero-order valence-electron chi connectivity index (χ0n) is 6.87. The van der Waals surface area contributed by atoms with Gasteiger partial charge in [-0.15, -0.1) is 0 Å². The number of hydrogen-bond donors (Lipinski definition) is 0. The molecule has 0 aromatic heterocycles. The van der Waals surface area contributed by atoms with Crippen LogP contribution in [0, 0.1) is 0 Å². The first-order valence-electron chi connectivity index (χ1n) is 3.99. The van der Waals surface area contributed by atoms with E-state index in [0.717, 1.165) is 18.8 Å². The van der Waals surface area contributed by atoms with Crippen LogP contribution in [-0.2, 0) is 0 Å². The molecule has 0 amide bonds. The van der Waals surface area contributed by atoms with Crippen LogP contribution in [0.1, 0.15) is 0 Å². The molecular weight excluding hydrogens is 207 g/mol. The maximum Gasteiger partial charge on any atom is 0.0896 e. The Kier molecular flexibility index (Phi) is 2.42. The number of para-hydroxylation sites is 1. The van der Waals surface area contributed by atoms with Gasteiger partial charge in [-0.3, -0.25) is 4.99 Å². The molecule has 2 rings (SSSR count). The van der Waals surface area contributed by atoms with E-state index >= 15 is 0 Å². The van der Waals surface area contributed by atoms with E-state index in [-0.39, 0.29) is 0 Å². The summed E-state index contributed by atoms with van der Waals surface area (Å²) in [6.07, 6.45) is 1.77. The molecule has 1 heterocycles. The van der Waals surface area contributed by atoms with Gasteiger partial charge in [0, 0.05) is 6.54 Å². The minimum Gasteiger partial charge on any atom is -0.328 e. The number of aliphatic imine (C=N–C) groups is 1. The SMILES string of the molecule is Clc1cccc(Cl)c1N1C=NCC1. The van der Waals surface area contributed by atoms with Crippen molar-refractivity contribution < 1.29 is 0 Å². The van der Waals surface area contributed by atoms with Gasteiger partial charge in [-0.25, -0.2) is 0 Å². The van der Waals surface area contributed by atoms with Gasteiger partial charge in [0.2, 0.25) is 0 Å². The Balaban J connectivity index is 2.43. The summed E-state index contributed by atoms with van der Waals surface area (Å²) in [5, 5.41) is 1.33. The van der Waals surface area contributed by atoms with Crippen LogP contribution in [-0.4, -0.2) is 19.4 Å². The standard InChI is InChI=1S/C9H8Cl2N2/c10-7-2-1-3-8(11)9(7)13-5-4-12-6-13/h1-3,6H,4-5H2. The van der Waals surface area contributed by atoms with Crippen molar-refractivity contribution in [1.82, 2.24) is 0 Å². The van der Waals surface area contributed by atoms with Gasteiger partial charge in [0.1, 0.15) is 0 Å². The van der Waals surface area contributed by atoms with Crippen LogP contribution < -0.4 is 4.90 Å². The molecule has 1 aromatic carbocycles. The number of halogens is 2. The first-order valence-corrected chi connectivity index (χ1v) is 4.75. The van der Waals surface area contributed by atoms with Crippen molar-refractivity contribution >= 4 is 35.2 Å². The van der Waals surface area contributed by atoms with E-state index in [1.165, 1.54) is 0 Å². The summed E-state index contributed by atoms with van der Waals surface area (Å²) in [6, 6.07) is 5.49. The Hall–Kier alpha value is -0.730. The molecule has 0 saturated carbocycles. The second-order valence-corrected chi connectivity index (χ2v) is 3.60. The van der Waals surface area contributed by atoms with E-state index in [0.29, 0.717) is 10.0 Å². The fraction of sp³-hybridized carbons (Fsp3) is 0.222. The molecule has 0 atom stereocenters. The van der Waals surface area contributed by atoms with Crippen molar-refractivity contribution in [3.05, 3.63) is 28.2 Å². The molecule has 0 unspecified atom stereocenters. The Bertz CT molecular complexity index is 329. The number of anilines is 1. The molecule has 0 saturated heterocycles. The van der Waals surface area contributed by atoms with Crippen molar-refractivity contribution in [3.63, 3.8) is 0 Å². The third-order valence-corrected chi connectivity index (χ3v) is 2.53. The molecular formula is C9H8Cl2N2. The highest BCUT2D eigenvalue weighted by Crippen LogP contribution is 2.33. The molecule has 2 nitrogen and oxygen atoms in total. The van der Waals surface area contributed by atoms with Crippen LogP contribution in [0.15, 0.2) is 23.2 Å². The van der Waals surface area contributed by atoms with E-state index in [4.69, 9.17) is 23.2 Å². The number of rotatable bonds is 1. The summed E-state index contributed by atoms with van der Waals surface area (Å²) in [4.78, 5) is 6.07. The van der Waals surface area contributed by atoms with Crippen LogP contribution >= 0.6 is 23.2 Å². The first-order chi connectivity index (χ1) is 6.29. The van der Waals surface area contributed by atoms with Gasteiger partial charge < -0.3 is 4.90 Å². The normalized spacial score (nSPS) is 15.4. The summed E-state index contributed by atoms with van der Waals surface area (Å²) < 4.78 is 0. The largest absolute Gasteiger partial charge is 0.328 e. The minimum atomic E-state index is 0.667. The van der Waals surface area contributed by atoms with Crippen LogP contribution in [0.5, 0.6) is 0 Å². The Morgan fingerprint density at radius 2 is 1.92 bits per heavy atom. The maximum atomic E-state index is 6.02. The molecule has 0 N–H and O–H groups in total. The lowest BCUT2D eigenvalue weighted by molar-refractivity contribution is 1.02. The van der Waals surface area contributed by atoms with Crippen LogP contribution in [0.3, 0.4) is 0 Å². The van der Waals surface area contributed by atoms with Crippen molar-refractivity contribution in [3.8, 4) is 0 Å². The molecule has 0 fully saturated rings. The Labute approximate surface area is 86.8 Å². The third-order valence-electron chi connectivity index (χ3n) is 1.92. The average Bonchev–Trinajstić information content (AvgIpc) is 2.57. The monoisotopic (exact) mass is 214 g/mol. The van der Waals surface area contributed by atoms with Gasteiger partial charge in [0.25, 0.3) is 0 Å². The molecule has 0 spiro atoms. The number of nitrogens with zero attached hydrogens (tertiary/aromatic N) is 2. The smallest absolute Gasteiger partial charge is 0.0896 e. The van der Waals surface area contributed by atoms with Crippen LogP contribution in [0.4, 0.5) is 5.69 Å². The maximum absolute atomic E-state index is 6.02. The molecule has 0 aliphatic carbocycles. The molecule has 68 valence electrons. The van der Waals surface area contributed by atoms with Crippen molar-refractivity contribution in [2.24, 2.45) is 4.99 Å². The summed E-state index contributed by atoms with van der Waals surface area (Å²) in [6.45, 7) is 1.66. The summed E-state index contributed by atoms with van der Waals surface area (Å²) >= 11 is 12.0. The van der Waals surface area contributed by atoms with Gasteiger partial charge in [-0.1, -0.05) is 29.3 Å². The Morgan fingerprint density at radius 1 is 1.23 bits per heavy atom. The zero-order chi connectivity index (χ0) is 9.26. The van der Waals surface area contributed by atoms with E-state index < -0.39 is 0 Å². The van der Waals surface area contributed by atoms with E-state index in [9.17, 15) is 0 Å². The van der Waals surface area contributed by atoms with Crippen molar-refractivity contribution in [1.29, 1.82) is 0 Å². The summed E-state index contributed by atoms with van der Waals surface area (Å²) in [7, 11) is 0. The van der Waals surface area contributed by atoms with Gasteiger partial charge in [0.05, 0.1) is 28.6 Å². The van der Waals surface area contributed by atoms with Crippen molar-refractivity contribution in [2.45, 2.75) is 0 Å². The van der Waals surface area contributed by atoms with Gasteiger partial charge in [-0.05, 0) is 12.1 Å². The molecule has 13 heavy (non-hydrogen) atoms. The Morgan fingerprint density at radius 3 is 2.46 bits per heavy atom. The lowest BCUT2D eigenvalue weighted by atomic mass is 10.3. The molecule has 1 aliphatic rings. The van der Waals surface area contributed by atoms with E-state index in [1.54, 1.807) is 6.34 Å². The third kappa shape index (κ3) is 1.64. The molecule has 0 radical (unpaired) electrons. The van der Waals surface area contributed by atoms with Gasteiger partial charge >= 0.3 is 0 Å². The fourth-order valence-electron chi connectivity index (χ4n) is 1.31. The van der Waals surface area contributed by atoms with E-state index in [1.807, 2.05) is 23.1 Å². The van der Waals surface area contributed by atoms with Crippen LogP contribution in [0.2, 0.25) is 10.0 Å². The predicted octanol–water partition coefficient (Wildman–Crippen LogP) is 2.84. The minimum absolute atomic E-state index is 0.667. The first kappa shape index (κ1) is 8.85. The number of benzene rings is 1. The lowest BCUT2D eigenvalue weighted by Gasteiger charge is -2.16. The van der Waals surface area contributed by atoms with E-state index in [2.05, 4.69) is 4.99 Å². The number of hydrogen-bond acceptors (Lipinski definition) is 2. The second kappa shape index (κ2) is 3.56. The highest BCUT2D eigenvalue weighted by molar-refractivity contribution is 6.39. The second-order valence-electron chi connectivity index (χ2n) is 2.79. The quantitative estimate of drug-likeness (QED) is 0.703. The highest BCUT2D eigenvalue weighted by atomic mass is 35.5. The highest BCUT2D eigenvalue weighted by Gasteiger charge is 2.14. The topological polar surface area (TPSA) is 15.6 Å². The predicted molar refractivity (Wildman–Crippen MR) is 57.2 cm³/mol. The molecule has 1 aromatic rings. The molecule has 4 heteroatoms. The fourth-order valence-corrected chi connectivity index (χ4v) is 1.93. The van der Waals surface area contributed by atoms with Crippen molar-refractivity contribution in [2.75, 3.05) is 18.0 Å².